The number of H-pyrrole nitrogens is 1. The second-order valence-electron chi connectivity index (χ2n) is 3.85. The highest BCUT2D eigenvalue weighted by molar-refractivity contribution is 6.26. The smallest absolute Gasteiger partial charge is 0.270 e. The molecule has 9 heteroatoms. The molecule has 1 aromatic carbocycles. The van der Waals surface area contributed by atoms with Gasteiger partial charge in [-0.15, -0.1) is 5.10 Å². The van der Waals surface area contributed by atoms with Gasteiger partial charge in [0, 0.05) is 33.3 Å². The van der Waals surface area contributed by atoms with E-state index in [-0.39, 0.29) is 33.2 Å². The molecule has 3 rings (SSSR count). The maximum absolute atomic E-state index is 12.0. The van der Waals surface area contributed by atoms with Gasteiger partial charge in [-0.3, -0.25) is 19.7 Å². The molecule has 1 aromatic heterocycles. The Kier molecular flexibility index (Phi) is 2.00. The third kappa shape index (κ3) is 1.41. The Morgan fingerprint density at radius 3 is 2.63 bits per heavy atom. The number of benzene rings is 1. The standard InChI is InChI=1S/C10H4N4O5/c15-9-5-2-1-4(13(17)18)3-6(5)10(16)8-7(9)11-14(19)12-8/h1-3H,(H,11,12). The zero-order valence-corrected chi connectivity index (χ0v) is 9.11. The van der Waals surface area contributed by atoms with Crippen molar-refractivity contribution in [3.8, 4) is 0 Å². The van der Waals surface area contributed by atoms with Crippen LogP contribution in [0, 0.1) is 15.3 Å². The Labute approximate surface area is 104 Å². The van der Waals surface area contributed by atoms with Gasteiger partial charge >= 0.3 is 0 Å². The zero-order chi connectivity index (χ0) is 13.7. The minimum absolute atomic E-state index is 0.000753. The number of hydrogen-bond acceptors (Lipinski definition) is 6. The molecule has 1 aliphatic rings. The van der Waals surface area contributed by atoms with E-state index in [0.29, 0.717) is 0 Å². The van der Waals surface area contributed by atoms with E-state index < -0.39 is 16.5 Å². The fourth-order valence-electron chi connectivity index (χ4n) is 1.93. The quantitative estimate of drug-likeness (QED) is 0.277. The summed E-state index contributed by atoms with van der Waals surface area (Å²) in [6.07, 6.45) is 0. The largest absolute Gasteiger partial charge is 0.571 e. The van der Waals surface area contributed by atoms with E-state index in [4.69, 9.17) is 0 Å². The summed E-state index contributed by atoms with van der Waals surface area (Å²) in [5.41, 5.74) is -0.960. The summed E-state index contributed by atoms with van der Waals surface area (Å²) in [5.74, 6) is -1.29. The lowest BCUT2D eigenvalue weighted by Crippen LogP contribution is -2.31. The van der Waals surface area contributed by atoms with Crippen molar-refractivity contribution in [2.75, 3.05) is 0 Å². The number of carbonyl (C=O) groups excluding carboxylic acids is 2. The summed E-state index contributed by atoms with van der Waals surface area (Å²) in [7, 11) is 0. The monoisotopic (exact) mass is 260 g/mol. The molecule has 0 unspecified atom stereocenters. The number of carbonyl (C=O) groups is 2. The molecule has 0 atom stereocenters. The van der Waals surface area contributed by atoms with Crippen LogP contribution in [0.1, 0.15) is 32.1 Å². The van der Waals surface area contributed by atoms with Crippen molar-refractivity contribution in [3.63, 3.8) is 0 Å². The number of non-ortho nitro benzene ring substituents is 1. The first-order valence-electron chi connectivity index (χ1n) is 5.06. The van der Waals surface area contributed by atoms with Gasteiger partial charge in [-0.25, -0.2) is 0 Å². The highest BCUT2D eigenvalue weighted by atomic mass is 16.6. The molecule has 0 spiro atoms. The number of nitrogens with one attached hydrogen (secondary N) is 1. The van der Waals surface area contributed by atoms with Crippen LogP contribution in [0.15, 0.2) is 18.2 Å². The molecule has 1 aliphatic carbocycles. The first kappa shape index (κ1) is 11.0. The predicted molar refractivity (Wildman–Crippen MR) is 57.5 cm³/mol. The SMILES string of the molecule is O=C1c2ccc([N+](=O)[O-])cc2C(=O)c2[nH][n+]([O-])nc21. The third-order valence-electron chi connectivity index (χ3n) is 2.78. The Morgan fingerprint density at radius 1 is 1.21 bits per heavy atom. The highest BCUT2D eigenvalue weighted by Gasteiger charge is 2.37. The molecular weight excluding hydrogens is 256 g/mol. The maximum atomic E-state index is 12.0. The average Bonchev–Trinajstić information content (AvgIpc) is 2.77. The minimum Gasteiger partial charge on any atom is -0.571 e. The van der Waals surface area contributed by atoms with E-state index in [1.54, 1.807) is 0 Å². The summed E-state index contributed by atoms with van der Waals surface area (Å²) in [6, 6.07) is 3.31. The first-order valence-corrected chi connectivity index (χ1v) is 5.06. The fourth-order valence-corrected chi connectivity index (χ4v) is 1.93. The molecule has 0 saturated carbocycles. The number of hydrogen-bond donors (Lipinski definition) is 1. The van der Waals surface area contributed by atoms with E-state index in [1.165, 1.54) is 6.07 Å². The first-order chi connectivity index (χ1) is 8.99. The van der Waals surface area contributed by atoms with Crippen molar-refractivity contribution in [3.05, 3.63) is 56.0 Å². The predicted octanol–water partition coefficient (Wildman–Crippen LogP) is -0.273. The van der Waals surface area contributed by atoms with Crippen molar-refractivity contribution in [2.45, 2.75) is 0 Å². The van der Waals surface area contributed by atoms with Gasteiger partial charge < -0.3 is 5.21 Å². The number of nitrogens with zero attached hydrogens (tertiary/aromatic N) is 3. The second-order valence-corrected chi connectivity index (χ2v) is 3.85. The van der Waals surface area contributed by atoms with Gasteiger partial charge in [0.1, 0.15) is 0 Å². The molecule has 0 fully saturated rings. The molecule has 2 aromatic rings. The molecule has 0 amide bonds. The van der Waals surface area contributed by atoms with Gasteiger partial charge in [0.2, 0.25) is 17.3 Å². The molecular formula is C10H4N4O5. The van der Waals surface area contributed by atoms with Crippen LogP contribution in [0.25, 0.3) is 0 Å². The number of fused-ring (bicyclic) bond motifs is 2. The molecule has 1 heterocycles. The highest BCUT2D eigenvalue weighted by Crippen LogP contribution is 2.27. The van der Waals surface area contributed by atoms with Gasteiger partial charge in [-0.2, -0.15) is 0 Å². The van der Waals surface area contributed by atoms with Gasteiger partial charge in [0.25, 0.3) is 5.69 Å². The third-order valence-corrected chi connectivity index (χ3v) is 2.78. The normalized spacial score (nSPS) is 13.1. The summed E-state index contributed by atoms with van der Waals surface area (Å²) in [6.45, 7) is 0. The van der Waals surface area contributed by atoms with Crippen LogP contribution in [0.2, 0.25) is 0 Å². The van der Waals surface area contributed by atoms with Crippen molar-refractivity contribution >= 4 is 17.3 Å². The lowest BCUT2D eigenvalue weighted by atomic mass is 9.90. The van der Waals surface area contributed by atoms with Crippen molar-refractivity contribution in [1.29, 1.82) is 0 Å². The summed E-state index contributed by atoms with van der Waals surface area (Å²) >= 11 is 0. The van der Waals surface area contributed by atoms with Gasteiger partial charge in [0.05, 0.1) is 4.92 Å². The molecule has 0 saturated heterocycles. The minimum atomic E-state index is -0.672. The molecule has 1 N–H and O–H groups in total. The number of aromatic nitrogens is 3. The Morgan fingerprint density at radius 2 is 1.95 bits per heavy atom. The van der Waals surface area contributed by atoms with Crippen molar-refractivity contribution in [1.82, 2.24) is 10.2 Å². The lowest BCUT2D eigenvalue weighted by Gasteiger charge is -2.09. The Balaban J connectivity index is 2.26. The van der Waals surface area contributed by atoms with Crippen molar-refractivity contribution in [2.24, 2.45) is 0 Å². The lowest BCUT2D eigenvalue weighted by molar-refractivity contribution is -0.722. The molecule has 0 radical (unpaired) electrons. The van der Waals surface area contributed by atoms with Crippen LogP contribution < -0.4 is 4.96 Å². The summed E-state index contributed by atoms with van der Waals surface area (Å²) in [4.78, 5) is 34.0. The van der Waals surface area contributed by atoms with E-state index >= 15 is 0 Å². The Bertz CT molecular complexity index is 763. The number of ketones is 2. The van der Waals surface area contributed by atoms with Crippen LogP contribution >= 0.6 is 0 Å². The summed E-state index contributed by atoms with van der Waals surface area (Å²) < 4.78 is 0. The number of nitro benzene ring substituents is 1. The average molecular weight is 260 g/mol. The zero-order valence-electron chi connectivity index (χ0n) is 9.11. The van der Waals surface area contributed by atoms with Crippen LogP contribution in [0.3, 0.4) is 0 Å². The van der Waals surface area contributed by atoms with E-state index in [0.717, 1.165) is 12.1 Å². The van der Waals surface area contributed by atoms with Gasteiger partial charge in [-0.1, -0.05) is 0 Å². The molecule has 9 nitrogen and oxygen atoms in total. The Hall–Kier alpha value is -3.10. The molecule has 94 valence electrons. The molecule has 0 bridgehead atoms. The van der Waals surface area contributed by atoms with Gasteiger partial charge in [0.15, 0.2) is 5.69 Å². The molecule has 0 aliphatic heterocycles. The van der Waals surface area contributed by atoms with E-state index in [1.807, 2.05) is 0 Å². The number of aromatic amines is 1. The van der Waals surface area contributed by atoms with Crippen LogP contribution in [0.4, 0.5) is 5.69 Å². The van der Waals surface area contributed by atoms with Crippen LogP contribution in [-0.4, -0.2) is 26.7 Å². The fraction of sp³-hybridized carbons (Fsp3) is 0. The maximum Gasteiger partial charge on any atom is 0.270 e. The van der Waals surface area contributed by atoms with Crippen LogP contribution in [0.5, 0.6) is 0 Å². The van der Waals surface area contributed by atoms with E-state index in [2.05, 4.69) is 10.2 Å². The number of nitro groups is 1. The second kappa shape index (κ2) is 3.45. The van der Waals surface area contributed by atoms with Crippen molar-refractivity contribution < 1.29 is 19.5 Å². The number of rotatable bonds is 1. The summed E-state index contributed by atoms with van der Waals surface area (Å²) in [5, 5.41) is 27.1. The topological polar surface area (TPSA) is 133 Å². The van der Waals surface area contributed by atoms with Crippen LogP contribution in [-0.2, 0) is 0 Å². The van der Waals surface area contributed by atoms with E-state index in [9.17, 15) is 24.9 Å². The van der Waals surface area contributed by atoms with Gasteiger partial charge in [-0.05, 0) is 6.07 Å². The molecule has 19 heavy (non-hydrogen) atoms.